The smallest absolute Gasteiger partial charge is 0.258 e. The molecule has 0 atom stereocenters. The van der Waals surface area contributed by atoms with E-state index in [9.17, 15) is 31.7 Å². The molecule has 1 aromatic carbocycles. The first-order valence-corrected chi connectivity index (χ1v) is 6.36. The van der Waals surface area contributed by atoms with Crippen molar-refractivity contribution in [2.45, 2.75) is 11.1 Å². The first-order valence-electron chi connectivity index (χ1n) is 4.02. The Morgan fingerprint density at radius 1 is 1.33 bits per heavy atom. The second-order valence-corrected chi connectivity index (χ2v) is 5.51. The van der Waals surface area contributed by atoms with E-state index in [-0.39, 0.29) is 6.07 Å². The van der Waals surface area contributed by atoms with Gasteiger partial charge in [0.1, 0.15) is 5.56 Å². The maximum Gasteiger partial charge on any atom is 0.424 e. The minimum atomic E-state index is -5.00. The second-order valence-electron chi connectivity index (χ2n) is 3.10. The van der Waals surface area contributed by atoms with Crippen molar-refractivity contribution in [1.29, 1.82) is 0 Å². The van der Waals surface area contributed by atoms with Gasteiger partial charge < -0.3 is 0 Å². The highest BCUT2D eigenvalue weighted by atomic mass is 79.9. The molecule has 100 valence electrons. The van der Waals surface area contributed by atoms with Crippen LogP contribution in [0.1, 0.15) is 5.56 Å². The first kappa shape index (κ1) is 14.9. The van der Waals surface area contributed by atoms with Gasteiger partial charge in [0.05, 0.1) is 9.82 Å². The lowest BCUT2D eigenvalue weighted by molar-refractivity contribution is -0.388. The number of nitrogens with two attached hydrogens (primary N) is 1. The average Bonchev–Trinajstić information content (AvgIpc) is 2.12. The molecule has 1 aromatic rings. The van der Waals surface area contributed by atoms with Crippen LogP contribution in [0.2, 0.25) is 0 Å². The van der Waals surface area contributed by atoms with Crippen LogP contribution in [0.25, 0.3) is 0 Å². The number of nitrogens with zero attached hydrogens (tertiary/aromatic N) is 1. The van der Waals surface area contributed by atoms with Crippen LogP contribution in [0.4, 0.5) is 18.9 Å². The Balaban J connectivity index is 3.73. The van der Waals surface area contributed by atoms with Gasteiger partial charge in [-0.1, -0.05) is 0 Å². The van der Waals surface area contributed by atoms with Gasteiger partial charge in [0.15, 0.2) is 0 Å². The first-order chi connectivity index (χ1) is 7.94. The lowest BCUT2D eigenvalue weighted by Gasteiger charge is -2.10. The fraction of sp³-hybridized carbons (Fsp3) is 0.143. The van der Waals surface area contributed by atoms with Gasteiger partial charge in [0.2, 0.25) is 10.0 Å². The monoisotopic (exact) mass is 348 g/mol. The van der Waals surface area contributed by atoms with Crippen LogP contribution in [0.3, 0.4) is 0 Å². The number of alkyl halides is 3. The van der Waals surface area contributed by atoms with E-state index in [0.717, 1.165) is 0 Å². The highest BCUT2D eigenvalue weighted by Crippen LogP contribution is 2.42. The number of halogens is 4. The van der Waals surface area contributed by atoms with Crippen LogP contribution in [-0.4, -0.2) is 13.3 Å². The zero-order valence-corrected chi connectivity index (χ0v) is 10.6. The summed E-state index contributed by atoms with van der Waals surface area (Å²) in [5.74, 6) is 0. The Labute approximate surface area is 107 Å². The Bertz CT molecular complexity index is 614. The van der Waals surface area contributed by atoms with Crippen LogP contribution >= 0.6 is 15.9 Å². The van der Waals surface area contributed by atoms with Crippen molar-refractivity contribution in [3.8, 4) is 0 Å². The molecule has 1 rings (SSSR count). The van der Waals surface area contributed by atoms with Gasteiger partial charge in [-0.05, 0) is 22.0 Å². The molecule has 18 heavy (non-hydrogen) atoms. The van der Waals surface area contributed by atoms with Gasteiger partial charge in [-0.2, -0.15) is 13.2 Å². The molecule has 0 saturated carbocycles. The van der Waals surface area contributed by atoms with Crippen molar-refractivity contribution in [3.63, 3.8) is 0 Å². The second kappa shape index (κ2) is 4.48. The molecule has 0 aliphatic rings. The third-order valence-electron chi connectivity index (χ3n) is 1.85. The van der Waals surface area contributed by atoms with E-state index in [1.54, 1.807) is 0 Å². The average molecular weight is 349 g/mol. The number of nitro groups is 1. The molecule has 0 saturated heterocycles. The van der Waals surface area contributed by atoms with E-state index in [1.807, 2.05) is 0 Å². The SMILES string of the molecule is NS(=O)(=O)c1cc(Br)c(C(F)(F)F)c([N+](=O)[O-])c1. The molecule has 6 nitrogen and oxygen atoms in total. The van der Waals surface area contributed by atoms with Gasteiger partial charge in [-0.3, -0.25) is 10.1 Å². The number of benzene rings is 1. The summed E-state index contributed by atoms with van der Waals surface area (Å²) in [5.41, 5.74) is -2.96. The largest absolute Gasteiger partial charge is 0.424 e. The molecule has 0 bridgehead atoms. The zero-order chi connectivity index (χ0) is 14.3. The van der Waals surface area contributed by atoms with E-state index >= 15 is 0 Å². The Kier molecular flexibility index (Phi) is 3.70. The summed E-state index contributed by atoms with van der Waals surface area (Å²) in [4.78, 5) is 8.43. The summed E-state index contributed by atoms with van der Waals surface area (Å²) in [6.45, 7) is 0. The van der Waals surface area contributed by atoms with E-state index in [1.165, 1.54) is 0 Å². The Morgan fingerprint density at radius 3 is 2.17 bits per heavy atom. The van der Waals surface area contributed by atoms with E-state index in [2.05, 4.69) is 15.9 Å². The number of rotatable bonds is 2. The number of hydrogen-bond acceptors (Lipinski definition) is 4. The molecular weight excluding hydrogens is 345 g/mol. The molecule has 0 aliphatic heterocycles. The van der Waals surface area contributed by atoms with Crippen molar-refractivity contribution in [2.24, 2.45) is 5.14 Å². The molecule has 0 aromatic heterocycles. The molecule has 0 fully saturated rings. The standard InChI is InChI=1S/C7H4BrF3N2O4S/c8-4-1-3(18(12,16)17)2-5(13(14)15)6(4)7(9,10)11/h1-2H,(H2,12,16,17). The van der Waals surface area contributed by atoms with Crippen molar-refractivity contribution < 1.29 is 26.5 Å². The molecule has 0 heterocycles. The molecule has 0 unspecified atom stereocenters. The summed E-state index contributed by atoms with van der Waals surface area (Å²) in [5, 5.41) is 15.3. The maximum absolute atomic E-state index is 12.6. The minimum absolute atomic E-state index is 0.267. The molecule has 0 radical (unpaired) electrons. The van der Waals surface area contributed by atoms with Crippen molar-refractivity contribution >= 4 is 31.6 Å². The fourth-order valence-corrected chi connectivity index (χ4v) is 2.54. The predicted molar refractivity (Wildman–Crippen MR) is 57.2 cm³/mol. The van der Waals surface area contributed by atoms with E-state index in [4.69, 9.17) is 5.14 Å². The van der Waals surface area contributed by atoms with Gasteiger partial charge in [-0.15, -0.1) is 0 Å². The van der Waals surface area contributed by atoms with Crippen LogP contribution in [0.15, 0.2) is 21.5 Å². The van der Waals surface area contributed by atoms with Crippen LogP contribution in [0, 0.1) is 10.1 Å². The number of nitro benzene ring substituents is 1. The van der Waals surface area contributed by atoms with Crippen LogP contribution in [0.5, 0.6) is 0 Å². The fourth-order valence-electron chi connectivity index (χ4n) is 1.16. The topological polar surface area (TPSA) is 103 Å². The van der Waals surface area contributed by atoms with Crippen LogP contribution in [-0.2, 0) is 16.2 Å². The van der Waals surface area contributed by atoms with E-state index in [0.29, 0.717) is 6.07 Å². The molecular formula is C7H4BrF3N2O4S. The van der Waals surface area contributed by atoms with Gasteiger partial charge in [-0.25, -0.2) is 13.6 Å². The molecule has 0 spiro atoms. The summed E-state index contributed by atoms with van der Waals surface area (Å²) < 4.78 is 58.9. The minimum Gasteiger partial charge on any atom is -0.258 e. The summed E-state index contributed by atoms with van der Waals surface area (Å²) in [6, 6.07) is 0.827. The third-order valence-corrected chi connectivity index (χ3v) is 3.37. The van der Waals surface area contributed by atoms with Gasteiger partial charge in [0, 0.05) is 10.5 Å². The van der Waals surface area contributed by atoms with Crippen molar-refractivity contribution in [2.75, 3.05) is 0 Å². The number of hydrogen-bond donors (Lipinski definition) is 1. The number of primary sulfonamides is 1. The van der Waals surface area contributed by atoms with Gasteiger partial charge in [0.25, 0.3) is 5.69 Å². The Morgan fingerprint density at radius 2 is 1.83 bits per heavy atom. The third kappa shape index (κ3) is 2.97. The summed E-state index contributed by atoms with van der Waals surface area (Å²) >= 11 is 2.45. The molecule has 0 amide bonds. The summed E-state index contributed by atoms with van der Waals surface area (Å²) in [6.07, 6.45) is -5.00. The van der Waals surface area contributed by atoms with Crippen LogP contribution < -0.4 is 5.14 Å². The molecule has 0 aliphatic carbocycles. The highest BCUT2D eigenvalue weighted by Gasteiger charge is 2.41. The summed E-state index contributed by atoms with van der Waals surface area (Å²) in [7, 11) is -4.35. The number of sulfonamides is 1. The molecule has 2 N–H and O–H groups in total. The molecule has 11 heteroatoms. The van der Waals surface area contributed by atoms with Crippen molar-refractivity contribution in [1.82, 2.24) is 0 Å². The quantitative estimate of drug-likeness (QED) is 0.652. The maximum atomic E-state index is 12.6. The normalized spacial score (nSPS) is 12.5. The Hall–Kier alpha value is -1.20. The van der Waals surface area contributed by atoms with E-state index < -0.39 is 41.7 Å². The van der Waals surface area contributed by atoms with Crippen molar-refractivity contribution in [3.05, 3.63) is 32.3 Å². The van der Waals surface area contributed by atoms with Gasteiger partial charge >= 0.3 is 6.18 Å². The lowest BCUT2D eigenvalue weighted by Crippen LogP contribution is -2.15. The highest BCUT2D eigenvalue weighted by molar-refractivity contribution is 9.10. The predicted octanol–water partition coefficient (Wildman–Crippen LogP) is 2.02. The lowest BCUT2D eigenvalue weighted by atomic mass is 10.2. The zero-order valence-electron chi connectivity index (χ0n) is 8.23.